The fraction of sp³-hybridized carbons (Fsp3) is 0.100. The van der Waals surface area contributed by atoms with Crippen molar-refractivity contribution in [3.63, 3.8) is 0 Å². The summed E-state index contributed by atoms with van der Waals surface area (Å²) in [4.78, 5) is 20.5. The van der Waals surface area contributed by atoms with Gasteiger partial charge in [0.2, 0.25) is 0 Å². The van der Waals surface area contributed by atoms with Crippen molar-refractivity contribution in [2.75, 3.05) is 7.11 Å². The number of nitrogens with zero attached hydrogens (tertiary/aromatic N) is 1. The first-order valence-electron chi connectivity index (χ1n) is 4.38. The number of hydrogen-bond donors (Lipinski definition) is 1. The van der Waals surface area contributed by atoms with E-state index in [9.17, 15) is 14.9 Å². The Kier molecular flexibility index (Phi) is 4.22. The van der Waals surface area contributed by atoms with Gasteiger partial charge in [-0.2, -0.15) is 0 Å². The van der Waals surface area contributed by atoms with E-state index in [4.69, 9.17) is 9.84 Å². The van der Waals surface area contributed by atoms with Crippen LogP contribution in [-0.4, -0.2) is 23.1 Å². The molecule has 0 radical (unpaired) electrons. The van der Waals surface area contributed by atoms with Crippen LogP contribution in [0.1, 0.15) is 5.56 Å². The molecule has 0 aromatic heterocycles. The maximum atomic E-state index is 10.6. The minimum absolute atomic E-state index is 0.138. The van der Waals surface area contributed by atoms with E-state index in [0.29, 0.717) is 10.0 Å². The van der Waals surface area contributed by atoms with Crippen LogP contribution in [0.4, 0.5) is 5.69 Å². The van der Waals surface area contributed by atoms with Gasteiger partial charge in [0.05, 0.1) is 18.1 Å². The lowest BCUT2D eigenvalue weighted by Crippen LogP contribution is -1.94. The summed E-state index contributed by atoms with van der Waals surface area (Å²) in [5.41, 5.74) is 0.293. The average Bonchev–Trinajstić information content (AvgIpc) is 2.25. The molecule has 90 valence electrons. The largest absolute Gasteiger partial charge is 0.496 e. The number of benzene rings is 1. The van der Waals surface area contributed by atoms with E-state index in [1.54, 1.807) is 0 Å². The molecule has 1 aromatic rings. The molecule has 0 heterocycles. The molecule has 1 rings (SSSR count). The van der Waals surface area contributed by atoms with Crippen molar-refractivity contribution in [1.82, 2.24) is 0 Å². The highest BCUT2D eigenvalue weighted by Gasteiger charge is 2.14. The summed E-state index contributed by atoms with van der Waals surface area (Å²) in [6.45, 7) is 0. The number of non-ortho nitro benzene ring substituents is 1. The van der Waals surface area contributed by atoms with Crippen LogP contribution in [0.15, 0.2) is 22.7 Å². The Morgan fingerprint density at radius 2 is 2.24 bits per heavy atom. The molecule has 1 N–H and O–H groups in total. The van der Waals surface area contributed by atoms with Gasteiger partial charge in [0.1, 0.15) is 5.75 Å². The van der Waals surface area contributed by atoms with Gasteiger partial charge in [-0.15, -0.1) is 0 Å². The highest BCUT2D eigenvalue weighted by atomic mass is 79.9. The first-order valence-corrected chi connectivity index (χ1v) is 5.18. The van der Waals surface area contributed by atoms with Crippen molar-refractivity contribution in [3.8, 4) is 5.75 Å². The fourth-order valence-electron chi connectivity index (χ4n) is 1.17. The number of methoxy groups -OCH3 is 1. The molecule has 0 spiro atoms. The number of nitro groups is 1. The number of carbonyl (C=O) groups is 1. The molecule has 1 aromatic carbocycles. The molecule has 17 heavy (non-hydrogen) atoms. The number of carboxylic acids is 1. The molecule has 0 unspecified atom stereocenters. The second-order valence-electron chi connectivity index (χ2n) is 2.97. The number of rotatable bonds is 4. The summed E-state index contributed by atoms with van der Waals surface area (Å²) in [5.74, 6) is -0.888. The standard InChI is InChI=1S/C10H8BrNO5/c1-17-9-5-6(12(15)16)4-8(11)7(9)2-3-10(13)14/h2-5H,1H3,(H,13,14)/b3-2+. The van der Waals surface area contributed by atoms with Crippen molar-refractivity contribution >= 4 is 33.7 Å². The van der Waals surface area contributed by atoms with Gasteiger partial charge in [0.25, 0.3) is 5.69 Å². The SMILES string of the molecule is COc1cc([N+](=O)[O-])cc(Br)c1/C=C/C(=O)O. The maximum Gasteiger partial charge on any atom is 0.328 e. The van der Waals surface area contributed by atoms with Gasteiger partial charge in [0.15, 0.2) is 0 Å². The zero-order valence-electron chi connectivity index (χ0n) is 8.71. The molecule has 0 atom stereocenters. The van der Waals surface area contributed by atoms with E-state index >= 15 is 0 Å². The molecular weight excluding hydrogens is 294 g/mol. The molecular formula is C10H8BrNO5. The zero-order chi connectivity index (χ0) is 13.0. The van der Waals surface area contributed by atoms with Crippen LogP contribution in [0.5, 0.6) is 5.75 Å². The second kappa shape index (κ2) is 5.44. The lowest BCUT2D eigenvalue weighted by Gasteiger charge is -2.06. The van der Waals surface area contributed by atoms with Crippen molar-refractivity contribution in [2.24, 2.45) is 0 Å². The number of aliphatic carboxylic acids is 1. The molecule has 0 aliphatic heterocycles. The van der Waals surface area contributed by atoms with Gasteiger partial charge in [-0.05, 0) is 22.0 Å². The third-order valence-electron chi connectivity index (χ3n) is 1.90. The number of halogens is 1. The summed E-state index contributed by atoms with van der Waals surface area (Å²) in [6.07, 6.45) is 2.23. The van der Waals surface area contributed by atoms with Gasteiger partial charge < -0.3 is 9.84 Å². The number of nitro benzene ring substituents is 1. The smallest absolute Gasteiger partial charge is 0.328 e. The van der Waals surface area contributed by atoms with Gasteiger partial charge in [0, 0.05) is 22.2 Å². The molecule has 0 aliphatic rings. The van der Waals surface area contributed by atoms with Crippen molar-refractivity contribution in [1.29, 1.82) is 0 Å². The minimum Gasteiger partial charge on any atom is -0.496 e. The van der Waals surface area contributed by atoms with Crippen LogP contribution in [-0.2, 0) is 4.79 Å². The van der Waals surface area contributed by atoms with Crippen LogP contribution >= 0.6 is 15.9 Å². The predicted molar refractivity (Wildman–Crippen MR) is 64.0 cm³/mol. The number of hydrogen-bond acceptors (Lipinski definition) is 4. The van der Waals surface area contributed by atoms with Crippen molar-refractivity contribution < 1.29 is 19.6 Å². The van der Waals surface area contributed by atoms with Crippen LogP contribution in [0.25, 0.3) is 6.08 Å². The Labute approximate surface area is 105 Å². The molecule has 0 aliphatic carbocycles. The van der Waals surface area contributed by atoms with Crippen molar-refractivity contribution in [2.45, 2.75) is 0 Å². The molecule has 7 heteroatoms. The first-order chi connectivity index (χ1) is 7.95. The van der Waals surface area contributed by atoms with Gasteiger partial charge >= 0.3 is 5.97 Å². The van der Waals surface area contributed by atoms with Crippen molar-refractivity contribution in [3.05, 3.63) is 38.4 Å². The van der Waals surface area contributed by atoms with Crippen LogP contribution < -0.4 is 4.74 Å². The highest BCUT2D eigenvalue weighted by molar-refractivity contribution is 9.10. The fourth-order valence-corrected chi connectivity index (χ4v) is 1.73. The molecule has 0 saturated heterocycles. The number of ether oxygens (including phenoxy) is 1. The monoisotopic (exact) mass is 301 g/mol. The van der Waals surface area contributed by atoms with Gasteiger partial charge in [-0.1, -0.05) is 0 Å². The zero-order valence-corrected chi connectivity index (χ0v) is 10.3. The predicted octanol–water partition coefficient (Wildman–Crippen LogP) is 2.46. The van der Waals surface area contributed by atoms with E-state index in [-0.39, 0.29) is 11.4 Å². The third kappa shape index (κ3) is 3.28. The minimum atomic E-state index is -1.11. The molecule has 0 saturated carbocycles. The Balaban J connectivity index is 3.30. The quantitative estimate of drug-likeness (QED) is 0.524. The highest BCUT2D eigenvalue weighted by Crippen LogP contribution is 2.33. The molecule has 6 nitrogen and oxygen atoms in total. The van der Waals surface area contributed by atoms with E-state index in [2.05, 4.69) is 15.9 Å². The Bertz CT molecular complexity index is 498. The third-order valence-corrected chi connectivity index (χ3v) is 2.56. The lowest BCUT2D eigenvalue weighted by atomic mass is 10.1. The summed E-state index contributed by atoms with van der Waals surface area (Å²) in [7, 11) is 1.35. The summed E-state index contributed by atoms with van der Waals surface area (Å²) >= 11 is 3.13. The Morgan fingerprint density at radius 1 is 1.59 bits per heavy atom. The van der Waals surface area contributed by atoms with Crippen LogP contribution in [0.3, 0.4) is 0 Å². The maximum absolute atomic E-state index is 10.6. The van der Waals surface area contributed by atoms with E-state index < -0.39 is 10.9 Å². The summed E-state index contributed by atoms with van der Waals surface area (Å²) in [6, 6.07) is 2.51. The summed E-state index contributed by atoms with van der Waals surface area (Å²) in [5, 5.41) is 19.1. The van der Waals surface area contributed by atoms with E-state index in [0.717, 1.165) is 6.08 Å². The topological polar surface area (TPSA) is 89.7 Å². The van der Waals surface area contributed by atoms with Gasteiger partial charge in [-0.3, -0.25) is 10.1 Å². The molecule has 0 fully saturated rings. The second-order valence-corrected chi connectivity index (χ2v) is 3.83. The van der Waals surface area contributed by atoms with Crippen LogP contribution in [0.2, 0.25) is 0 Å². The van der Waals surface area contributed by atoms with Crippen LogP contribution in [0, 0.1) is 10.1 Å². The average molecular weight is 302 g/mol. The van der Waals surface area contributed by atoms with E-state index in [1.165, 1.54) is 25.3 Å². The van der Waals surface area contributed by atoms with E-state index in [1.807, 2.05) is 0 Å². The molecule has 0 bridgehead atoms. The lowest BCUT2D eigenvalue weighted by molar-refractivity contribution is -0.385. The number of carboxylic acid groups (broad SMARTS) is 1. The summed E-state index contributed by atoms with van der Waals surface area (Å²) < 4.78 is 5.36. The normalized spacial score (nSPS) is 10.5. The first kappa shape index (κ1) is 13.2. The Morgan fingerprint density at radius 3 is 2.71 bits per heavy atom. The van der Waals surface area contributed by atoms with Gasteiger partial charge in [-0.25, -0.2) is 4.79 Å². The molecule has 0 amide bonds. The Hall–Kier alpha value is -1.89.